The van der Waals surface area contributed by atoms with Gasteiger partial charge in [0, 0.05) is 18.2 Å². The number of halogens is 3. The molecular formula is C12H9F3N2O4. The fourth-order valence-electron chi connectivity index (χ4n) is 1.53. The van der Waals surface area contributed by atoms with E-state index in [4.69, 9.17) is 11.5 Å². The fraction of sp³-hybridized carbons (Fsp3) is 0.250. The van der Waals surface area contributed by atoms with Crippen molar-refractivity contribution in [3.8, 4) is 12.3 Å². The van der Waals surface area contributed by atoms with Crippen molar-refractivity contribution in [1.82, 2.24) is 0 Å². The molecule has 1 rings (SSSR count). The van der Waals surface area contributed by atoms with Gasteiger partial charge in [0.15, 0.2) is 0 Å². The Morgan fingerprint density at radius 1 is 1.52 bits per heavy atom. The summed E-state index contributed by atoms with van der Waals surface area (Å²) in [5.41, 5.74) is -2.81. The van der Waals surface area contributed by atoms with Crippen molar-refractivity contribution in [2.75, 3.05) is 5.32 Å². The van der Waals surface area contributed by atoms with Gasteiger partial charge in [-0.3, -0.25) is 10.1 Å². The first-order valence-electron chi connectivity index (χ1n) is 5.45. The second-order valence-corrected chi connectivity index (χ2v) is 3.93. The molecule has 6 nitrogen and oxygen atoms in total. The van der Waals surface area contributed by atoms with Crippen molar-refractivity contribution in [3.05, 3.63) is 33.9 Å². The number of benzene rings is 1. The van der Waals surface area contributed by atoms with Crippen LogP contribution in [0.1, 0.15) is 12.0 Å². The van der Waals surface area contributed by atoms with Crippen molar-refractivity contribution in [3.63, 3.8) is 0 Å². The van der Waals surface area contributed by atoms with Gasteiger partial charge in [-0.05, 0) is 12.1 Å². The lowest BCUT2D eigenvalue weighted by atomic mass is 10.1. The average Bonchev–Trinajstić information content (AvgIpc) is 2.36. The minimum absolute atomic E-state index is 0.226. The summed E-state index contributed by atoms with van der Waals surface area (Å²) in [6, 6.07) is 0.821. The topological polar surface area (TPSA) is 92.5 Å². The van der Waals surface area contributed by atoms with E-state index in [2.05, 4.69) is 11.2 Å². The number of carboxylic acids is 1. The Bertz CT molecular complexity index is 608. The SMILES string of the molecule is C#CCC(Nc1ccc([N+](=O)[O-])c(C(F)(F)F)c1)C(=O)O. The van der Waals surface area contributed by atoms with Gasteiger partial charge in [0.2, 0.25) is 0 Å². The average molecular weight is 302 g/mol. The predicted octanol–water partition coefficient (Wildman–Crippen LogP) is 2.50. The molecule has 0 aliphatic heterocycles. The third-order valence-electron chi connectivity index (χ3n) is 2.46. The molecule has 112 valence electrons. The van der Waals surface area contributed by atoms with Gasteiger partial charge in [0.25, 0.3) is 5.69 Å². The number of terminal acetylenes is 1. The number of hydrogen-bond donors (Lipinski definition) is 2. The minimum Gasteiger partial charge on any atom is -0.480 e. The van der Waals surface area contributed by atoms with E-state index < -0.39 is 34.4 Å². The second-order valence-electron chi connectivity index (χ2n) is 3.93. The van der Waals surface area contributed by atoms with Gasteiger partial charge in [0.05, 0.1) is 4.92 Å². The first kappa shape index (κ1) is 16.3. The van der Waals surface area contributed by atoms with Crippen LogP contribution in [0.3, 0.4) is 0 Å². The van der Waals surface area contributed by atoms with Crippen LogP contribution in [0.5, 0.6) is 0 Å². The summed E-state index contributed by atoms with van der Waals surface area (Å²) in [5, 5.41) is 21.7. The highest BCUT2D eigenvalue weighted by molar-refractivity contribution is 5.78. The Morgan fingerprint density at radius 2 is 2.14 bits per heavy atom. The number of hydrogen-bond acceptors (Lipinski definition) is 4. The molecule has 0 spiro atoms. The van der Waals surface area contributed by atoms with Crippen molar-refractivity contribution in [2.45, 2.75) is 18.6 Å². The zero-order valence-corrected chi connectivity index (χ0v) is 10.3. The molecule has 0 saturated carbocycles. The molecule has 1 aromatic rings. The number of aliphatic carboxylic acids is 1. The number of nitrogens with one attached hydrogen (secondary N) is 1. The summed E-state index contributed by atoms with van der Waals surface area (Å²) in [5.74, 6) is 0.723. The van der Waals surface area contributed by atoms with Crippen LogP contribution in [-0.2, 0) is 11.0 Å². The number of carboxylic acid groups (broad SMARTS) is 1. The normalized spacial score (nSPS) is 12.3. The maximum atomic E-state index is 12.8. The van der Waals surface area contributed by atoms with E-state index in [0.717, 1.165) is 6.07 Å². The van der Waals surface area contributed by atoms with Crippen molar-refractivity contribution >= 4 is 17.3 Å². The van der Waals surface area contributed by atoms with Gasteiger partial charge in [-0.15, -0.1) is 12.3 Å². The molecule has 2 N–H and O–H groups in total. The van der Waals surface area contributed by atoms with Gasteiger partial charge in [-0.2, -0.15) is 13.2 Å². The third kappa shape index (κ3) is 4.10. The van der Waals surface area contributed by atoms with Gasteiger partial charge < -0.3 is 10.4 Å². The molecule has 0 radical (unpaired) electrons. The third-order valence-corrected chi connectivity index (χ3v) is 2.46. The highest BCUT2D eigenvalue weighted by Gasteiger charge is 2.38. The molecule has 0 saturated heterocycles. The molecule has 1 aromatic carbocycles. The molecule has 0 aromatic heterocycles. The maximum Gasteiger partial charge on any atom is 0.423 e. The number of nitro benzene ring substituents is 1. The number of alkyl halides is 3. The van der Waals surface area contributed by atoms with E-state index in [1.165, 1.54) is 0 Å². The van der Waals surface area contributed by atoms with Gasteiger partial charge in [-0.1, -0.05) is 0 Å². The smallest absolute Gasteiger partial charge is 0.423 e. The Balaban J connectivity index is 3.20. The minimum atomic E-state index is -4.94. The zero-order chi connectivity index (χ0) is 16.2. The van der Waals surface area contributed by atoms with Crippen LogP contribution in [0.25, 0.3) is 0 Å². The number of anilines is 1. The van der Waals surface area contributed by atoms with Crippen LogP contribution in [0.15, 0.2) is 18.2 Å². The Morgan fingerprint density at radius 3 is 2.57 bits per heavy atom. The molecule has 1 atom stereocenters. The molecule has 0 aliphatic rings. The van der Waals surface area contributed by atoms with Crippen LogP contribution in [0.2, 0.25) is 0 Å². The van der Waals surface area contributed by atoms with Gasteiger partial charge in [-0.25, -0.2) is 4.79 Å². The summed E-state index contributed by atoms with van der Waals surface area (Å²) in [4.78, 5) is 20.3. The van der Waals surface area contributed by atoms with Crippen LogP contribution in [0, 0.1) is 22.5 Å². The van der Waals surface area contributed by atoms with Crippen LogP contribution < -0.4 is 5.32 Å². The first-order valence-corrected chi connectivity index (χ1v) is 5.45. The van der Waals surface area contributed by atoms with Crippen molar-refractivity contribution < 1.29 is 28.0 Å². The summed E-state index contributed by atoms with van der Waals surface area (Å²) < 4.78 is 38.3. The first-order chi connectivity index (χ1) is 9.66. The van der Waals surface area contributed by atoms with Crippen molar-refractivity contribution in [1.29, 1.82) is 0 Å². The molecule has 0 fully saturated rings. The monoisotopic (exact) mass is 302 g/mol. The predicted molar refractivity (Wildman–Crippen MR) is 66.6 cm³/mol. The Labute approximate surface area is 116 Å². The van der Waals surface area contributed by atoms with E-state index in [-0.39, 0.29) is 12.1 Å². The number of rotatable bonds is 5. The zero-order valence-electron chi connectivity index (χ0n) is 10.3. The van der Waals surface area contributed by atoms with Crippen LogP contribution >= 0.6 is 0 Å². The maximum absolute atomic E-state index is 12.8. The Hall–Kier alpha value is -2.76. The number of carbonyl (C=O) groups is 1. The number of nitrogens with zero attached hydrogens (tertiary/aromatic N) is 1. The summed E-state index contributed by atoms with van der Waals surface area (Å²) in [6.45, 7) is 0. The Kier molecular flexibility index (Phi) is 4.75. The fourth-order valence-corrected chi connectivity index (χ4v) is 1.53. The molecule has 21 heavy (non-hydrogen) atoms. The summed E-state index contributed by atoms with van der Waals surface area (Å²) in [6.07, 6.45) is -0.235. The van der Waals surface area contributed by atoms with Crippen LogP contribution in [-0.4, -0.2) is 22.0 Å². The second kappa shape index (κ2) is 6.13. The van der Waals surface area contributed by atoms with Crippen LogP contribution in [0.4, 0.5) is 24.5 Å². The molecule has 9 heteroatoms. The van der Waals surface area contributed by atoms with E-state index in [1.54, 1.807) is 0 Å². The lowest BCUT2D eigenvalue weighted by Gasteiger charge is -2.15. The number of nitro groups is 1. The summed E-state index contributed by atoms with van der Waals surface area (Å²) in [7, 11) is 0. The van der Waals surface area contributed by atoms with E-state index in [9.17, 15) is 28.1 Å². The molecular weight excluding hydrogens is 293 g/mol. The molecule has 1 unspecified atom stereocenters. The molecule has 0 heterocycles. The van der Waals surface area contributed by atoms with E-state index in [1.807, 2.05) is 0 Å². The lowest BCUT2D eigenvalue weighted by Crippen LogP contribution is -2.28. The summed E-state index contributed by atoms with van der Waals surface area (Å²) >= 11 is 0. The molecule has 0 amide bonds. The highest BCUT2D eigenvalue weighted by Crippen LogP contribution is 2.37. The van der Waals surface area contributed by atoms with E-state index >= 15 is 0 Å². The quantitative estimate of drug-likeness (QED) is 0.495. The highest BCUT2D eigenvalue weighted by atomic mass is 19.4. The largest absolute Gasteiger partial charge is 0.480 e. The lowest BCUT2D eigenvalue weighted by molar-refractivity contribution is -0.388. The molecule has 0 bridgehead atoms. The molecule has 0 aliphatic carbocycles. The van der Waals surface area contributed by atoms with E-state index in [0.29, 0.717) is 12.1 Å². The van der Waals surface area contributed by atoms with Gasteiger partial charge >= 0.3 is 12.1 Å². The van der Waals surface area contributed by atoms with Gasteiger partial charge in [0.1, 0.15) is 11.6 Å². The standard InChI is InChI=1S/C12H9F3N2O4/c1-2-3-9(11(18)19)16-7-4-5-10(17(20)21)8(6-7)12(13,14)15/h1,4-6,9,16H,3H2,(H,18,19). The van der Waals surface area contributed by atoms with Crippen molar-refractivity contribution in [2.24, 2.45) is 0 Å².